The first-order valence-electron chi connectivity index (χ1n) is 5.55. The molecule has 1 heterocycles. The van der Waals surface area contributed by atoms with Crippen LogP contribution in [-0.2, 0) is 4.79 Å². The van der Waals surface area contributed by atoms with Gasteiger partial charge in [-0.25, -0.2) is 4.79 Å². The zero-order valence-electron chi connectivity index (χ0n) is 10.8. The van der Waals surface area contributed by atoms with Gasteiger partial charge < -0.3 is 18.3 Å². The molecule has 0 aromatic carbocycles. The van der Waals surface area contributed by atoms with Crippen LogP contribution >= 0.6 is 0 Å². The van der Waals surface area contributed by atoms with E-state index in [0.29, 0.717) is 12.8 Å². The standard InChI is InChI=1S/C9H15BF3N2O2.K/c1-3-4-5-9(2)7(16)15(8(17)14-9)6-10(11,12)13;/h3-6H2,1-2H3,(H,14,17);/q-1;+1. The molecule has 0 aliphatic carbocycles. The van der Waals surface area contributed by atoms with Crippen molar-refractivity contribution in [2.45, 2.75) is 38.6 Å². The number of imide groups is 1. The van der Waals surface area contributed by atoms with Gasteiger partial charge in [-0.1, -0.05) is 19.8 Å². The molecule has 0 aromatic heterocycles. The number of hydrogen-bond donors (Lipinski definition) is 1. The number of carbonyl (C=O) groups is 2. The molecule has 1 fully saturated rings. The summed E-state index contributed by atoms with van der Waals surface area (Å²) < 4.78 is 36.7. The summed E-state index contributed by atoms with van der Waals surface area (Å²) in [6.45, 7) is -1.82. The molecule has 0 radical (unpaired) electrons. The SMILES string of the molecule is CCCCC1(C)NC(=O)N(C[B-](F)(F)F)C1=O.[K+]. The summed E-state index contributed by atoms with van der Waals surface area (Å²) in [7, 11) is 0. The number of carbonyl (C=O) groups excluding carboxylic acids is 2. The summed E-state index contributed by atoms with van der Waals surface area (Å²) in [6.07, 6.45) is 0.372. The molecule has 0 bridgehead atoms. The van der Waals surface area contributed by atoms with Crippen LogP contribution in [0.5, 0.6) is 0 Å². The van der Waals surface area contributed by atoms with E-state index >= 15 is 0 Å². The van der Waals surface area contributed by atoms with Gasteiger partial charge >= 0.3 is 64.4 Å². The number of urea groups is 1. The largest absolute Gasteiger partial charge is 1.00 e. The normalized spacial score (nSPS) is 23.9. The molecule has 4 nitrogen and oxygen atoms in total. The Morgan fingerprint density at radius 3 is 2.33 bits per heavy atom. The van der Waals surface area contributed by atoms with Crippen LogP contribution in [0, 0.1) is 0 Å². The Morgan fingerprint density at radius 1 is 1.33 bits per heavy atom. The Kier molecular flexibility index (Phi) is 6.90. The van der Waals surface area contributed by atoms with E-state index in [0.717, 1.165) is 6.42 Å². The molecule has 3 amide bonds. The third-order valence-corrected chi connectivity index (χ3v) is 2.77. The van der Waals surface area contributed by atoms with Gasteiger partial charge in [-0.2, -0.15) is 0 Å². The smallest absolute Gasteiger partial charge is 0.448 e. The Morgan fingerprint density at radius 2 is 1.89 bits per heavy atom. The van der Waals surface area contributed by atoms with Crippen LogP contribution in [0.15, 0.2) is 0 Å². The van der Waals surface area contributed by atoms with E-state index in [-0.39, 0.29) is 56.3 Å². The van der Waals surface area contributed by atoms with E-state index in [4.69, 9.17) is 0 Å². The van der Waals surface area contributed by atoms with Gasteiger partial charge in [-0.3, -0.25) is 9.69 Å². The Balaban J connectivity index is 0.00000289. The molecule has 0 spiro atoms. The van der Waals surface area contributed by atoms with Gasteiger partial charge in [0.05, 0.1) is 0 Å². The Bertz CT molecular complexity index is 340. The number of rotatable bonds is 5. The second-order valence-electron chi connectivity index (χ2n) is 4.49. The topological polar surface area (TPSA) is 49.4 Å². The van der Waals surface area contributed by atoms with Gasteiger partial charge in [0.25, 0.3) is 5.91 Å². The van der Waals surface area contributed by atoms with Gasteiger partial charge in [0.15, 0.2) is 0 Å². The Hall–Kier alpha value is 0.431. The van der Waals surface area contributed by atoms with Crippen molar-refractivity contribution in [2.75, 3.05) is 6.44 Å². The van der Waals surface area contributed by atoms with Crippen molar-refractivity contribution in [3.63, 3.8) is 0 Å². The van der Waals surface area contributed by atoms with Crippen molar-refractivity contribution in [3.8, 4) is 0 Å². The molecule has 1 N–H and O–H groups in total. The summed E-state index contributed by atoms with van der Waals surface area (Å²) in [5, 5.41) is 2.33. The number of halogens is 3. The zero-order valence-corrected chi connectivity index (χ0v) is 13.9. The third-order valence-electron chi connectivity index (χ3n) is 2.77. The number of nitrogens with zero attached hydrogens (tertiary/aromatic N) is 1. The van der Waals surface area contributed by atoms with Gasteiger partial charge in [-0.05, 0) is 13.3 Å². The summed E-state index contributed by atoms with van der Waals surface area (Å²) in [6, 6.07) is -0.951. The molecular weight excluding hydrogens is 275 g/mol. The molecule has 1 saturated heterocycles. The molecule has 98 valence electrons. The van der Waals surface area contributed by atoms with E-state index in [1.165, 1.54) is 6.92 Å². The fourth-order valence-electron chi connectivity index (χ4n) is 1.82. The van der Waals surface area contributed by atoms with Crippen LogP contribution in [0.3, 0.4) is 0 Å². The number of unbranched alkanes of at least 4 members (excludes halogenated alkanes) is 1. The van der Waals surface area contributed by atoms with E-state index in [2.05, 4.69) is 5.32 Å². The van der Waals surface area contributed by atoms with Gasteiger partial charge in [0.2, 0.25) is 0 Å². The van der Waals surface area contributed by atoms with Crippen molar-refractivity contribution in [2.24, 2.45) is 0 Å². The quantitative estimate of drug-likeness (QED) is 0.515. The molecule has 1 aliphatic rings. The summed E-state index contributed by atoms with van der Waals surface area (Å²) in [5.74, 6) is -0.782. The first-order valence-corrected chi connectivity index (χ1v) is 5.55. The molecule has 0 saturated carbocycles. The van der Waals surface area contributed by atoms with Gasteiger partial charge in [0, 0.05) is 6.44 Å². The first-order chi connectivity index (χ1) is 7.69. The van der Waals surface area contributed by atoms with Crippen LogP contribution in [0.4, 0.5) is 17.7 Å². The minimum Gasteiger partial charge on any atom is -0.448 e. The molecule has 18 heavy (non-hydrogen) atoms. The van der Waals surface area contributed by atoms with Crippen LogP contribution in [0.1, 0.15) is 33.1 Å². The molecule has 1 aliphatic heterocycles. The number of hydrogen-bond acceptors (Lipinski definition) is 2. The maximum absolute atomic E-state index is 12.2. The summed E-state index contributed by atoms with van der Waals surface area (Å²) in [5.41, 5.74) is -1.19. The second kappa shape index (κ2) is 6.74. The molecule has 1 unspecified atom stereocenters. The maximum Gasteiger partial charge on any atom is 1.00 e. The Labute approximate surface area is 147 Å². The van der Waals surface area contributed by atoms with Crippen molar-refractivity contribution >= 4 is 18.9 Å². The summed E-state index contributed by atoms with van der Waals surface area (Å²) >= 11 is 0. The van der Waals surface area contributed by atoms with Crippen molar-refractivity contribution in [3.05, 3.63) is 0 Å². The van der Waals surface area contributed by atoms with E-state index in [9.17, 15) is 22.5 Å². The minimum absolute atomic E-state index is 0. The minimum atomic E-state index is -5.19. The van der Waals surface area contributed by atoms with Crippen molar-refractivity contribution < 1.29 is 73.9 Å². The van der Waals surface area contributed by atoms with Gasteiger partial charge in [0.1, 0.15) is 5.54 Å². The molecule has 1 atom stereocenters. The molecule has 1 rings (SSSR count). The van der Waals surface area contributed by atoms with Crippen molar-refractivity contribution in [1.29, 1.82) is 0 Å². The van der Waals surface area contributed by atoms with E-state index < -0.39 is 30.9 Å². The first kappa shape index (κ1) is 18.4. The monoisotopic (exact) mass is 290 g/mol. The third kappa shape index (κ3) is 4.52. The van der Waals surface area contributed by atoms with Crippen LogP contribution in [-0.4, -0.2) is 35.8 Å². The molecule has 9 heteroatoms. The van der Waals surface area contributed by atoms with Gasteiger partial charge in [-0.15, -0.1) is 0 Å². The van der Waals surface area contributed by atoms with E-state index in [1.54, 1.807) is 0 Å². The van der Waals surface area contributed by atoms with E-state index in [1.807, 2.05) is 6.92 Å². The zero-order chi connectivity index (χ0) is 13.3. The van der Waals surface area contributed by atoms with Crippen LogP contribution in [0.25, 0.3) is 0 Å². The molecular formula is C9H15BF3KN2O2. The average Bonchev–Trinajstić information content (AvgIpc) is 2.38. The predicted octanol–water partition coefficient (Wildman–Crippen LogP) is -1.12. The predicted molar refractivity (Wildman–Crippen MR) is 57.3 cm³/mol. The number of amides is 3. The number of nitrogens with one attached hydrogen (secondary N) is 1. The fraction of sp³-hybridized carbons (Fsp3) is 0.778. The fourth-order valence-corrected chi connectivity index (χ4v) is 1.82. The summed E-state index contributed by atoms with van der Waals surface area (Å²) in [4.78, 5) is 23.4. The van der Waals surface area contributed by atoms with Crippen LogP contribution < -0.4 is 56.7 Å². The average molecular weight is 290 g/mol. The van der Waals surface area contributed by atoms with Crippen molar-refractivity contribution in [1.82, 2.24) is 10.2 Å². The molecule has 0 aromatic rings. The maximum atomic E-state index is 12.2. The second-order valence-corrected chi connectivity index (χ2v) is 4.49. The van der Waals surface area contributed by atoms with Crippen LogP contribution in [0.2, 0.25) is 0 Å².